The first-order valence-corrected chi connectivity index (χ1v) is 9.63. The van der Waals surface area contributed by atoms with Gasteiger partial charge in [-0.25, -0.2) is 9.97 Å². The van der Waals surface area contributed by atoms with Gasteiger partial charge >= 0.3 is 0 Å². The second kappa shape index (κ2) is 6.78. The molecule has 0 bridgehead atoms. The van der Waals surface area contributed by atoms with E-state index in [0.29, 0.717) is 6.04 Å². The van der Waals surface area contributed by atoms with Crippen LogP contribution in [0.4, 0.5) is 5.69 Å². The largest absolute Gasteiger partial charge is 0.365 e. The molecule has 1 aromatic carbocycles. The van der Waals surface area contributed by atoms with Crippen LogP contribution in [0.15, 0.2) is 49.1 Å². The molecule has 4 heterocycles. The average molecular weight is 360 g/mol. The van der Waals surface area contributed by atoms with Gasteiger partial charge in [0.2, 0.25) is 0 Å². The second-order valence-corrected chi connectivity index (χ2v) is 7.59. The van der Waals surface area contributed by atoms with Crippen LogP contribution in [0.5, 0.6) is 0 Å². The van der Waals surface area contributed by atoms with E-state index in [0.717, 1.165) is 36.6 Å². The highest BCUT2D eigenvalue weighted by Gasteiger charge is 2.30. The van der Waals surface area contributed by atoms with Gasteiger partial charge < -0.3 is 4.90 Å². The minimum atomic E-state index is 0.646. The molecule has 2 aliphatic heterocycles. The number of aryl methyl sites for hydroxylation is 1. The summed E-state index contributed by atoms with van der Waals surface area (Å²) < 4.78 is 1.77. The van der Waals surface area contributed by atoms with Crippen LogP contribution in [0.3, 0.4) is 0 Å². The fourth-order valence-electron chi connectivity index (χ4n) is 4.33. The van der Waals surface area contributed by atoms with Crippen molar-refractivity contribution in [2.24, 2.45) is 7.05 Å². The van der Waals surface area contributed by atoms with Gasteiger partial charge in [0.25, 0.3) is 0 Å². The molecule has 6 nitrogen and oxygen atoms in total. The molecule has 0 spiro atoms. The number of benzene rings is 1. The third kappa shape index (κ3) is 3.21. The van der Waals surface area contributed by atoms with Gasteiger partial charge in [0.1, 0.15) is 0 Å². The number of nitrogens with zero attached hydrogens (tertiary/aromatic N) is 6. The molecule has 5 rings (SSSR count). The highest BCUT2D eigenvalue weighted by Crippen LogP contribution is 2.32. The molecule has 0 radical (unpaired) electrons. The zero-order valence-corrected chi connectivity index (χ0v) is 15.6. The molecule has 3 aromatic rings. The Hall–Kier alpha value is -2.73. The van der Waals surface area contributed by atoms with Crippen molar-refractivity contribution in [1.82, 2.24) is 24.6 Å². The number of aromatic nitrogens is 4. The van der Waals surface area contributed by atoms with E-state index in [9.17, 15) is 0 Å². The maximum Gasteiger partial charge on any atom is 0.162 e. The van der Waals surface area contributed by atoms with E-state index in [1.807, 2.05) is 25.6 Å². The summed E-state index contributed by atoms with van der Waals surface area (Å²) in [5, 5.41) is 4.20. The number of anilines is 1. The maximum absolute atomic E-state index is 4.57. The van der Waals surface area contributed by atoms with Crippen LogP contribution in [-0.2, 0) is 20.1 Å². The maximum atomic E-state index is 4.57. The Balaban J connectivity index is 1.40. The standard InChI is InChI=1S/C21H24N6/c1-25-13-18(11-24-25)21-22-9-16(10-23-21)12-27-15-19-6-4-8-26(19)14-17-5-2-3-7-20(17)27/h2-3,5,7,9-11,13,19H,4,6,8,12,14-15H2,1H3. The van der Waals surface area contributed by atoms with Crippen LogP contribution in [-0.4, -0.2) is 43.8 Å². The summed E-state index contributed by atoms with van der Waals surface area (Å²) in [6.07, 6.45) is 10.2. The van der Waals surface area contributed by atoms with Crippen molar-refractivity contribution in [2.45, 2.75) is 32.0 Å². The van der Waals surface area contributed by atoms with Crippen molar-refractivity contribution in [3.05, 3.63) is 60.2 Å². The van der Waals surface area contributed by atoms with E-state index >= 15 is 0 Å². The number of fused-ring (bicyclic) bond motifs is 2. The quantitative estimate of drug-likeness (QED) is 0.719. The van der Waals surface area contributed by atoms with Gasteiger partial charge in [0.15, 0.2) is 5.82 Å². The van der Waals surface area contributed by atoms with Gasteiger partial charge in [-0.15, -0.1) is 0 Å². The van der Waals surface area contributed by atoms with Gasteiger partial charge in [-0.05, 0) is 31.0 Å². The molecule has 1 unspecified atom stereocenters. The Morgan fingerprint density at radius 3 is 2.78 bits per heavy atom. The molecule has 1 saturated heterocycles. The molecule has 2 aromatic heterocycles. The lowest BCUT2D eigenvalue weighted by Crippen LogP contribution is -2.36. The Bertz CT molecular complexity index is 932. The van der Waals surface area contributed by atoms with E-state index in [1.54, 1.807) is 10.9 Å². The summed E-state index contributed by atoms with van der Waals surface area (Å²) in [7, 11) is 1.90. The predicted octanol–water partition coefficient (Wildman–Crippen LogP) is 2.86. The third-order valence-electron chi connectivity index (χ3n) is 5.68. The van der Waals surface area contributed by atoms with Crippen LogP contribution in [0.25, 0.3) is 11.4 Å². The predicted molar refractivity (Wildman–Crippen MR) is 105 cm³/mol. The lowest BCUT2D eigenvalue weighted by Gasteiger charge is -2.28. The summed E-state index contributed by atoms with van der Waals surface area (Å²) in [5.74, 6) is 0.727. The number of hydrogen-bond donors (Lipinski definition) is 0. The van der Waals surface area contributed by atoms with Gasteiger partial charge in [0.05, 0.1) is 11.8 Å². The van der Waals surface area contributed by atoms with E-state index in [1.165, 1.54) is 30.6 Å². The summed E-state index contributed by atoms with van der Waals surface area (Å²) >= 11 is 0. The number of hydrogen-bond acceptors (Lipinski definition) is 5. The van der Waals surface area contributed by atoms with Crippen molar-refractivity contribution in [3.8, 4) is 11.4 Å². The van der Waals surface area contributed by atoms with E-state index in [2.05, 4.69) is 49.1 Å². The highest BCUT2D eigenvalue weighted by molar-refractivity contribution is 5.55. The Labute approximate surface area is 159 Å². The zero-order chi connectivity index (χ0) is 18.2. The summed E-state index contributed by atoms with van der Waals surface area (Å²) in [6.45, 7) is 4.19. The fourth-order valence-corrected chi connectivity index (χ4v) is 4.33. The van der Waals surface area contributed by atoms with Gasteiger partial charge in [-0.2, -0.15) is 5.10 Å². The normalized spacial score (nSPS) is 19.6. The summed E-state index contributed by atoms with van der Waals surface area (Å²) in [5.41, 5.74) is 4.87. The lowest BCUT2D eigenvalue weighted by molar-refractivity contribution is 0.254. The molecular weight excluding hydrogens is 336 g/mol. The molecule has 6 heteroatoms. The third-order valence-corrected chi connectivity index (χ3v) is 5.68. The minimum absolute atomic E-state index is 0.646. The number of para-hydroxylation sites is 1. The van der Waals surface area contributed by atoms with E-state index in [-0.39, 0.29) is 0 Å². The first kappa shape index (κ1) is 16.4. The van der Waals surface area contributed by atoms with Crippen LogP contribution in [0.1, 0.15) is 24.0 Å². The fraction of sp³-hybridized carbons (Fsp3) is 0.381. The molecule has 0 saturated carbocycles. The monoisotopic (exact) mass is 360 g/mol. The van der Waals surface area contributed by atoms with Gasteiger partial charge in [0, 0.05) is 62.6 Å². The van der Waals surface area contributed by atoms with Crippen LogP contribution >= 0.6 is 0 Å². The summed E-state index contributed by atoms with van der Waals surface area (Å²) in [4.78, 5) is 14.3. The molecule has 0 amide bonds. The first-order valence-electron chi connectivity index (χ1n) is 9.63. The van der Waals surface area contributed by atoms with Gasteiger partial charge in [-0.3, -0.25) is 9.58 Å². The zero-order valence-electron chi connectivity index (χ0n) is 15.6. The van der Waals surface area contributed by atoms with Gasteiger partial charge in [-0.1, -0.05) is 18.2 Å². The lowest BCUT2D eigenvalue weighted by atomic mass is 10.1. The molecule has 1 fully saturated rings. The second-order valence-electron chi connectivity index (χ2n) is 7.59. The van der Waals surface area contributed by atoms with Crippen molar-refractivity contribution < 1.29 is 0 Å². The number of rotatable bonds is 3. The summed E-state index contributed by atoms with van der Waals surface area (Å²) in [6, 6.07) is 9.46. The first-order chi connectivity index (χ1) is 13.3. The van der Waals surface area contributed by atoms with Crippen molar-refractivity contribution >= 4 is 5.69 Å². The molecule has 1 atom stereocenters. The molecular formula is C21H24N6. The Morgan fingerprint density at radius 1 is 1.11 bits per heavy atom. The molecule has 0 aliphatic carbocycles. The van der Waals surface area contributed by atoms with E-state index in [4.69, 9.17) is 0 Å². The van der Waals surface area contributed by atoms with Crippen molar-refractivity contribution in [2.75, 3.05) is 18.0 Å². The smallest absolute Gasteiger partial charge is 0.162 e. The van der Waals surface area contributed by atoms with Crippen LogP contribution in [0, 0.1) is 0 Å². The van der Waals surface area contributed by atoms with Crippen LogP contribution in [0.2, 0.25) is 0 Å². The SMILES string of the molecule is Cn1cc(-c2ncc(CN3CC4CCCN4Cc4ccccc43)cn2)cn1. The highest BCUT2D eigenvalue weighted by atomic mass is 15.3. The van der Waals surface area contributed by atoms with Crippen molar-refractivity contribution in [1.29, 1.82) is 0 Å². The minimum Gasteiger partial charge on any atom is -0.365 e. The van der Waals surface area contributed by atoms with E-state index < -0.39 is 0 Å². The Kier molecular flexibility index (Phi) is 4.13. The molecule has 0 N–H and O–H groups in total. The molecule has 2 aliphatic rings. The van der Waals surface area contributed by atoms with Crippen LogP contribution < -0.4 is 4.90 Å². The molecule has 138 valence electrons. The van der Waals surface area contributed by atoms with Crippen molar-refractivity contribution in [3.63, 3.8) is 0 Å². The Morgan fingerprint density at radius 2 is 1.96 bits per heavy atom. The molecule has 27 heavy (non-hydrogen) atoms. The topological polar surface area (TPSA) is 50.1 Å². The average Bonchev–Trinajstić information content (AvgIpc) is 3.28.